The van der Waals surface area contributed by atoms with Gasteiger partial charge in [-0.25, -0.2) is 4.98 Å². The highest BCUT2D eigenvalue weighted by molar-refractivity contribution is 6.32. The molecule has 0 radical (unpaired) electrons. The van der Waals surface area contributed by atoms with Crippen LogP contribution >= 0.6 is 11.6 Å². The number of piperidine rings is 1. The molecule has 0 saturated carbocycles. The minimum atomic E-state index is -1.22. The summed E-state index contributed by atoms with van der Waals surface area (Å²) in [6, 6.07) is 9.33. The van der Waals surface area contributed by atoms with E-state index in [1.165, 1.54) is 6.20 Å². The zero-order valence-corrected chi connectivity index (χ0v) is 23.4. The summed E-state index contributed by atoms with van der Waals surface area (Å²) in [7, 11) is 0. The van der Waals surface area contributed by atoms with Crippen molar-refractivity contribution >= 4 is 29.4 Å². The Morgan fingerprint density at radius 3 is 2.39 bits per heavy atom. The Morgan fingerprint density at radius 2 is 1.87 bits per heavy atom. The molecule has 0 aliphatic carbocycles. The molecule has 2 N–H and O–H groups in total. The molecule has 0 bridgehead atoms. The lowest BCUT2D eigenvalue weighted by Crippen LogP contribution is -2.64. The second-order valence-corrected chi connectivity index (χ2v) is 11.7. The molecule has 1 aromatic heterocycles. The number of carbonyl (C=O) groups is 2. The molecule has 1 fully saturated rings. The van der Waals surface area contributed by atoms with Crippen LogP contribution in [0.1, 0.15) is 69.2 Å². The third-order valence-corrected chi connectivity index (χ3v) is 7.39. The van der Waals surface area contributed by atoms with Crippen molar-refractivity contribution in [1.29, 1.82) is 5.26 Å². The number of halogens is 1. The van der Waals surface area contributed by atoms with Crippen LogP contribution in [0, 0.1) is 17.2 Å². The van der Waals surface area contributed by atoms with Crippen LogP contribution < -0.4 is 20.9 Å². The Bertz CT molecular complexity index is 1180. The SMILES string of the molecule is CC(C)CN(NC(=O)c1ccc(C[N+]2(C(C)(C)C)CCC(NC(=O)[O-])CC2)cc1)c1nc(C#N)ncc1Cl. The first-order valence-electron chi connectivity index (χ1n) is 12.8. The smallest absolute Gasteiger partial charge is 0.269 e. The molecular weight excluding hydrogens is 506 g/mol. The minimum Gasteiger partial charge on any atom is -0.530 e. The number of hydrogen-bond acceptors (Lipinski definition) is 7. The average Bonchev–Trinajstić information content (AvgIpc) is 2.84. The van der Waals surface area contributed by atoms with Gasteiger partial charge in [-0.05, 0) is 38.8 Å². The lowest BCUT2D eigenvalue weighted by molar-refractivity contribution is -0.986. The van der Waals surface area contributed by atoms with E-state index >= 15 is 0 Å². The third kappa shape index (κ3) is 7.11. The van der Waals surface area contributed by atoms with Gasteiger partial charge >= 0.3 is 0 Å². The number of nitriles is 1. The van der Waals surface area contributed by atoms with Crippen molar-refractivity contribution in [2.45, 2.75) is 65.6 Å². The zero-order chi connectivity index (χ0) is 28.1. The van der Waals surface area contributed by atoms with Crippen molar-refractivity contribution < 1.29 is 19.2 Å². The number of rotatable bonds is 8. The zero-order valence-electron chi connectivity index (χ0n) is 22.6. The van der Waals surface area contributed by atoms with Crippen molar-refractivity contribution in [1.82, 2.24) is 20.7 Å². The van der Waals surface area contributed by atoms with Crippen molar-refractivity contribution in [3.05, 3.63) is 52.4 Å². The van der Waals surface area contributed by atoms with E-state index in [0.29, 0.717) is 12.1 Å². The predicted molar refractivity (Wildman–Crippen MR) is 143 cm³/mol. The number of carbonyl (C=O) groups excluding carboxylic acids is 2. The first kappa shape index (κ1) is 29.1. The quantitative estimate of drug-likeness (QED) is 0.387. The summed E-state index contributed by atoms with van der Waals surface area (Å²) in [4.78, 5) is 32.2. The number of nitrogens with one attached hydrogen (secondary N) is 2. The standard InChI is InChI=1S/C27H36ClN7O3/c1-18(2)16-34(24-22(28)15-30-23(14-29)32-24)33-25(36)20-8-6-19(7-9-20)17-35(27(3,4)5)12-10-21(11-13-35)31-26(37)38/h6-9,15,18,21,31H,10-13,16-17H2,1-5H3,(H-,33,36,37,38). The predicted octanol–water partition coefficient (Wildman–Crippen LogP) is 3.02. The number of likely N-dealkylation sites (tertiary alicyclic amines) is 1. The van der Waals surface area contributed by atoms with E-state index in [2.05, 4.69) is 41.5 Å². The van der Waals surface area contributed by atoms with Gasteiger partial charge in [0.15, 0.2) is 5.82 Å². The first-order valence-corrected chi connectivity index (χ1v) is 13.1. The number of nitrogens with zero attached hydrogens (tertiary/aromatic N) is 5. The van der Waals surface area contributed by atoms with Gasteiger partial charge in [-0.3, -0.25) is 15.2 Å². The maximum atomic E-state index is 13.2. The topological polar surface area (TPSA) is 134 Å². The van der Waals surface area contributed by atoms with Crippen LogP contribution in [0.15, 0.2) is 30.5 Å². The molecule has 2 heterocycles. The summed E-state index contributed by atoms with van der Waals surface area (Å²) in [5.74, 6) is 0.0918. The van der Waals surface area contributed by atoms with Gasteiger partial charge in [-0.1, -0.05) is 37.6 Å². The molecule has 11 heteroatoms. The number of anilines is 1. The highest BCUT2D eigenvalue weighted by atomic mass is 35.5. The Hall–Kier alpha value is -3.42. The molecule has 3 rings (SSSR count). The van der Waals surface area contributed by atoms with E-state index in [4.69, 9.17) is 11.6 Å². The van der Waals surface area contributed by atoms with Crippen molar-refractivity contribution in [2.24, 2.45) is 5.92 Å². The van der Waals surface area contributed by atoms with Crippen LogP contribution in [0.3, 0.4) is 0 Å². The van der Waals surface area contributed by atoms with Crippen LogP contribution in [-0.2, 0) is 6.54 Å². The van der Waals surface area contributed by atoms with E-state index in [0.717, 1.165) is 42.5 Å². The Morgan fingerprint density at radius 1 is 1.24 bits per heavy atom. The van der Waals surface area contributed by atoms with Crippen LogP contribution in [-0.4, -0.2) is 57.7 Å². The molecule has 0 unspecified atom stereocenters. The van der Waals surface area contributed by atoms with Crippen molar-refractivity contribution in [3.63, 3.8) is 0 Å². The van der Waals surface area contributed by atoms with Gasteiger partial charge in [0.1, 0.15) is 23.7 Å². The molecule has 0 atom stereocenters. The molecular formula is C27H36ClN7O3. The molecule has 2 aromatic rings. The molecule has 1 aromatic carbocycles. The van der Waals surface area contributed by atoms with Gasteiger partial charge in [-0.15, -0.1) is 0 Å². The van der Waals surface area contributed by atoms with E-state index in [1.54, 1.807) is 17.1 Å². The number of aromatic nitrogens is 2. The van der Waals surface area contributed by atoms with E-state index in [-0.39, 0.29) is 40.1 Å². The Balaban J connectivity index is 1.75. The summed E-state index contributed by atoms with van der Waals surface area (Å²) in [6.45, 7) is 13.5. The molecule has 1 aliphatic rings. The van der Waals surface area contributed by atoms with Crippen LogP contribution in [0.25, 0.3) is 0 Å². The second kappa shape index (κ2) is 12.0. The highest BCUT2D eigenvalue weighted by Gasteiger charge is 2.43. The van der Waals surface area contributed by atoms with E-state index in [9.17, 15) is 20.0 Å². The molecule has 204 valence electrons. The third-order valence-electron chi connectivity index (χ3n) is 7.12. The monoisotopic (exact) mass is 541 g/mol. The summed E-state index contributed by atoms with van der Waals surface area (Å²) >= 11 is 6.29. The number of hydrazine groups is 1. The maximum Gasteiger partial charge on any atom is 0.269 e. The van der Waals surface area contributed by atoms with Gasteiger partial charge in [0, 0.05) is 36.6 Å². The number of quaternary nitrogens is 1. The number of benzene rings is 1. The van der Waals surface area contributed by atoms with E-state index in [1.807, 2.05) is 32.0 Å². The van der Waals surface area contributed by atoms with Gasteiger partial charge in [0.05, 0.1) is 24.8 Å². The second-order valence-electron chi connectivity index (χ2n) is 11.2. The maximum absolute atomic E-state index is 13.2. The van der Waals surface area contributed by atoms with Crippen LogP contribution in [0.2, 0.25) is 5.02 Å². The van der Waals surface area contributed by atoms with Gasteiger partial charge in [0.2, 0.25) is 5.82 Å². The largest absolute Gasteiger partial charge is 0.530 e. The summed E-state index contributed by atoms with van der Waals surface area (Å²) in [6.07, 6.45) is 1.62. The van der Waals surface area contributed by atoms with Gasteiger partial charge < -0.3 is 19.7 Å². The molecule has 1 saturated heterocycles. The normalized spacial score (nSPS) is 19.5. The van der Waals surface area contributed by atoms with Gasteiger partial charge in [0.25, 0.3) is 5.91 Å². The Kier molecular flexibility index (Phi) is 9.18. The fourth-order valence-electron chi connectivity index (χ4n) is 4.89. The lowest BCUT2D eigenvalue weighted by Gasteiger charge is -2.52. The average molecular weight is 542 g/mol. The minimum absolute atomic E-state index is 0.0351. The van der Waals surface area contributed by atoms with Crippen LogP contribution in [0.5, 0.6) is 0 Å². The molecule has 0 spiro atoms. The van der Waals surface area contributed by atoms with E-state index < -0.39 is 6.09 Å². The fourth-order valence-corrected chi connectivity index (χ4v) is 5.08. The van der Waals surface area contributed by atoms with Crippen molar-refractivity contribution in [2.75, 3.05) is 24.6 Å². The molecule has 38 heavy (non-hydrogen) atoms. The molecule has 1 aliphatic heterocycles. The summed E-state index contributed by atoms with van der Waals surface area (Å²) in [5, 5.41) is 24.4. The summed E-state index contributed by atoms with van der Waals surface area (Å²) in [5.41, 5.74) is 4.41. The number of carboxylic acid groups (broad SMARTS) is 1. The lowest BCUT2D eigenvalue weighted by atomic mass is 9.91. The Labute approximate surface area is 229 Å². The fraction of sp³-hybridized carbons (Fsp3) is 0.519. The molecule has 2 amide bonds. The van der Waals surface area contributed by atoms with Crippen LogP contribution in [0.4, 0.5) is 10.6 Å². The number of amides is 2. The number of hydrogen-bond donors (Lipinski definition) is 2. The highest BCUT2D eigenvalue weighted by Crippen LogP contribution is 2.33. The molecule has 10 nitrogen and oxygen atoms in total. The van der Waals surface area contributed by atoms with Crippen molar-refractivity contribution in [3.8, 4) is 6.07 Å². The van der Waals surface area contributed by atoms with Gasteiger partial charge in [-0.2, -0.15) is 10.2 Å². The first-order chi connectivity index (χ1) is 17.8. The summed E-state index contributed by atoms with van der Waals surface area (Å²) < 4.78 is 0.819.